The number of halogens is 1. The summed E-state index contributed by atoms with van der Waals surface area (Å²) in [5, 5.41) is 18.4. The van der Waals surface area contributed by atoms with E-state index in [-0.39, 0.29) is 0 Å². The fraction of sp³-hybridized carbons (Fsp3) is 0.100. The van der Waals surface area contributed by atoms with E-state index in [9.17, 15) is 0 Å². The van der Waals surface area contributed by atoms with Crippen LogP contribution in [0, 0.1) is 11.3 Å². The van der Waals surface area contributed by atoms with Gasteiger partial charge in [-0.2, -0.15) is 5.26 Å². The van der Waals surface area contributed by atoms with Crippen molar-refractivity contribution >= 4 is 28.8 Å². The van der Waals surface area contributed by atoms with Crippen molar-refractivity contribution in [2.45, 2.75) is 6.54 Å². The molecule has 80 valence electrons. The number of aromatic nitrogens is 2. The van der Waals surface area contributed by atoms with Crippen molar-refractivity contribution in [2.75, 3.05) is 5.32 Å². The van der Waals surface area contributed by atoms with Gasteiger partial charge in [-0.25, -0.2) is 0 Å². The van der Waals surface area contributed by atoms with Crippen LogP contribution in [0.1, 0.15) is 11.3 Å². The molecule has 16 heavy (non-hydrogen) atoms. The lowest BCUT2D eigenvalue weighted by atomic mass is 10.2. The second-order valence-electron chi connectivity index (χ2n) is 3.05. The Bertz CT molecular complexity index is 518. The molecule has 0 aliphatic carbocycles. The van der Waals surface area contributed by atoms with Crippen LogP contribution >= 0.6 is 23.1 Å². The quantitative estimate of drug-likeness (QED) is 0.910. The normalized spacial score (nSPS) is 9.75. The zero-order chi connectivity index (χ0) is 11.4. The third-order valence-electron chi connectivity index (χ3n) is 1.97. The fourth-order valence-corrected chi connectivity index (χ4v) is 1.83. The molecule has 1 N–H and O–H groups in total. The van der Waals surface area contributed by atoms with Crippen LogP contribution in [0.25, 0.3) is 0 Å². The molecule has 0 radical (unpaired) electrons. The van der Waals surface area contributed by atoms with Crippen LogP contribution in [0.3, 0.4) is 0 Å². The maximum Gasteiger partial charge on any atom is 0.101 e. The third-order valence-corrected chi connectivity index (χ3v) is 2.76. The largest absolute Gasteiger partial charge is 0.378 e. The van der Waals surface area contributed by atoms with E-state index in [1.165, 1.54) is 11.5 Å². The molecule has 1 heterocycles. The molecule has 0 unspecified atom stereocenters. The van der Waals surface area contributed by atoms with Gasteiger partial charge in [0.15, 0.2) is 0 Å². The Morgan fingerprint density at radius 3 is 3.06 bits per heavy atom. The topological polar surface area (TPSA) is 61.6 Å². The van der Waals surface area contributed by atoms with Gasteiger partial charge in [-0.1, -0.05) is 16.1 Å². The Kier molecular flexibility index (Phi) is 3.34. The van der Waals surface area contributed by atoms with E-state index in [1.807, 2.05) is 5.38 Å². The van der Waals surface area contributed by atoms with E-state index < -0.39 is 0 Å². The van der Waals surface area contributed by atoms with Crippen LogP contribution in [-0.4, -0.2) is 9.59 Å². The van der Waals surface area contributed by atoms with Gasteiger partial charge in [0.2, 0.25) is 0 Å². The molecule has 0 aliphatic heterocycles. The summed E-state index contributed by atoms with van der Waals surface area (Å²) in [6.07, 6.45) is 0. The number of rotatable bonds is 3. The molecule has 1 aromatic carbocycles. The maximum atomic E-state index is 8.91. The molecule has 0 bridgehead atoms. The molecule has 0 saturated carbocycles. The standard InChI is InChI=1S/C10H7ClN4S/c11-8-2-1-7(4-12)10(3-8)13-5-9-6-16-15-14-9/h1-3,6,13H,5H2. The summed E-state index contributed by atoms with van der Waals surface area (Å²) < 4.78 is 3.76. The molecule has 2 rings (SSSR count). The van der Waals surface area contributed by atoms with E-state index >= 15 is 0 Å². The van der Waals surface area contributed by atoms with Gasteiger partial charge in [-0.3, -0.25) is 0 Å². The zero-order valence-corrected chi connectivity index (χ0v) is 9.72. The third kappa shape index (κ3) is 2.48. The van der Waals surface area contributed by atoms with Gasteiger partial charge < -0.3 is 5.32 Å². The molecule has 0 fully saturated rings. The van der Waals surface area contributed by atoms with Gasteiger partial charge in [0, 0.05) is 10.4 Å². The van der Waals surface area contributed by atoms with Gasteiger partial charge in [0.1, 0.15) is 6.07 Å². The van der Waals surface area contributed by atoms with Gasteiger partial charge in [0.25, 0.3) is 0 Å². The predicted octanol–water partition coefficient (Wildman–Crippen LogP) is 2.68. The Morgan fingerprint density at radius 1 is 1.50 bits per heavy atom. The van der Waals surface area contributed by atoms with Gasteiger partial charge >= 0.3 is 0 Å². The molecule has 6 heteroatoms. The van der Waals surface area contributed by atoms with Crippen molar-refractivity contribution in [3.05, 3.63) is 39.9 Å². The second kappa shape index (κ2) is 4.92. The number of hydrogen-bond acceptors (Lipinski definition) is 5. The number of nitriles is 1. The molecule has 0 spiro atoms. The Labute approximate surface area is 102 Å². The van der Waals surface area contributed by atoms with Crippen molar-refractivity contribution in [3.8, 4) is 6.07 Å². The van der Waals surface area contributed by atoms with Crippen LogP contribution in [-0.2, 0) is 6.54 Å². The lowest BCUT2D eigenvalue weighted by molar-refractivity contribution is 0.998. The minimum atomic E-state index is 0.533. The SMILES string of the molecule is N#Cc1ccc(Cl)cc1NCc1csnn1. The smallest absolute Gasteiger partial charge is 0.101 e. The first-order valence-corrected chi connectivity index (χ1v) is 5.70. The molecule has 0 amide bonds. The molecule has 0 saturated heterocycles. The number of hydrogen-bond donors (Lipinski definition) is 1. The van der Waals surface area contributed by atoms with Crippen LogP contribution in [0.4, 0.5) is 5.69 Å². The van der Waals surface area contributed by atoms with Gasteiger partial charge in [-0.05, 0) is 29.7 Å². The monoisotopic (exact) mass is 250 g/mol. The van der Waals surface area contributed by atoms with E-state index in [1.54, 1.807) is 18.2 Å². The number of benzene rings is 1. The molecular weight excluding hydrogens is 244 g/mol. The first kappa shape index (κ1) is 10.9. The van der Waals surface area contributed by atoms with E-state index in [0.29, 0.717) is 22.8 Å². The minimum Gasteiger partial charge on any atom is -0.378 e. The number of anilines is 1. The van der Waals surface area contributed by atoms with Gasteiger partial charge in [-0.15, -0.1) is 5.10 Å². The first-order chi connectivity index (χ1) is 7.79. The van der Waals surface area contributed by atoms with Crippen molar-refractivity contribution < 1.29 is 0 Å². The Morgan fingerprint density at radius 2 is 2.38 bits per heavy atom. The highest BCUT2D eigenvalue weighted by Crippen LogP contribution is 2.20. The molecule has 0 aliphatic rings. The first-order valence-electron chi connectivity index (χ1n) is 4.49. The minimum absolute atomic E-state index is 0.533. The summed E-state index contributed by atoms with van der Waals surface area (Å²) in [6, 6.07) is 7.20. The zero-order valence-electron chi connectivity index (χ0n) is 8.14. The van der Waals surface area contributed by atoms with Crippen LogP contribution < -0.4 is 5.32 Å². The average molecular weight is 251 g/mol. The maximum absolute atomic E-state index is 8.91. The van der Waals surface area contributed by atoms with Crippen LogP contribution in [0.5, 0.6) is 0 Å². The van der Waals surface area contributed by atoms with Crippen molar-refractivity contribution in [1.82, 2.24) is 9.59 Å². The predicted molar refractivity (Wildman–Crippen MR) is 63.4 cm³/mol. The molecular formula is C10H7ClN4S. The summed E-state index contributed by atoms with van der Waals surface area (Å²) in [4.78, 5) is 0. The van der Waals surface area contributed by atoms with Crippen LogP contribution in [0.2, 0.25) is 5.02 Å². The summed E-state index contributed by atoms with van der Waals surface area (Å²) in [5.74, 6) is 0. The highest BCUT2D eigenvalue weighted by atomic mass is 35.5. The molecule has 1 aromatic heterocycles. The summed E-state index contributed by atoms with van der Waals surface area (Å²) in [5.41, 5.74) is 2.12. The molecule has 4 nitrogen and oxygen atoms in total. The van der Waals surface area contributed by atoms with Crippen molar-refractivity contribution in [2.24, 2.45) is 0 Å². The lowest BCUT2D eigenvalue weighted by Gasteiger charge is -2.06. The Hall–Kier alpha value is -1.64. The van der Waals surface area contributed by atoms with Crippen LogP contribution in [0.15, 0.2) is 23.6 Å². The Balaban J connectivity index is 2.15. The molecule has 2 aromatic rings. The molecule has 0 atom stereocenters. The highest BCUT2D eigenvalue weighted by Gasteiger charge is 2.03. The number of nitrogens with zero attached hydrogens (tertiary/aromatic N) is 3. The van der Waals surface area contributed by atoms with Crippen molar-refractivity contribution in [3.63, 3.8) is 0 Å². The lowest BCUT2D eigenvalue weighted by Crippen LogP contribution is -2.01. The average Bonchev–Trinajstić information content (AvgIpc) is 2.79. The van der Waals surface area contributed by atoms with E-state index in [0.717, 1.165) is 5.69 Å². The number of nitrogens with one attached hydrogen (secondary N) is 1. The van der Waals surface area contributed by atoms with Crippen molar-refractivity contribution in [1.29, 1.82) is 5.26 Å². The van der Waals surface area contributed by atoms with E-state index in [4.69, 9.17) is 16.9 Å². The van der Waals surface area contributed by atoms with Gasteiger partial charge in [0.05, 0.1) is 23.5 Å². The summed E-state index contributed by atoms with van der Waals surface area (Å²) in [6.45, 7) is 0.533. The van der Waals surface area contributed by atoms with E-state index in [2.05, 4.69) is 21.0 Å². The fourth-order valence-electron chi connectivity index (χ4n) is 1.21. The highest BCUT2D eigenvalue weighted by molar-refractivity contribution is 7.03. The second-order valence-corrected chi connectivity index (χ2v) is 4.10. The summed E-state index contributed by atoms with van der Waals surface area (Å²) >= 11 is 7.15. The summed E-state index contributed by atoms with van der Waals surface area (Å²) in [7, 11) is 0.